The topological polar surface area (TPSA) is 99.6 Å². The number of benzene rings is 5. The number of nitriles is 4. The van der Waals surface area contributed by atoms with Crippen LogP contribution in [0.5, 0.6) is 0 Å². The summed E-state index contributed by atoms with van der Waals surface area (Å²) in [6.45, 7) is 0. The largest absolute Gasteiger partial charge is 0.315 e. The molecule has 0 fully saturated rings. The summed E-state index contributed by atoms with van der Waals surface area (Å²) in [7, 11) is 0. The van der Waals surface area contributed by atoms with E-state index in [0.717, 1.165) is 48.7 Å². The zero-order valence-electron chi connectivity index (χ0n) is 19.2. The lowest BCUT2D eigenvalue weighted by Gasteiger charge is -2.15. The molecular weight excluding hydrogens is 454 g/mol. The Morgan fingerprint density at radius 3 is 1.76 bits per heavy atom. The van der Waals surface area contributed by atoms with E-state index >= 15 is 0 Å². The van der Waals surface area contributed by atoms with Crippen LogP contribution in [0.15, 0.2) is 79.0 Å². The lowest BCUT2D eigenvalue weighted by Crippen LogP contribution is -1.99. The average Bonchev–Trinajstić information content (AvgIpc) is 3.34. The Labute approximate surface area is 210 Å². The van der Waals surface area contributed by atoms with Crippen molar-refractivity contribution in [1.82, 2.24) is 4.40 Å². The van der Waals surface area contributed by atoms with Gasteiger partial charge in [0.25, 0.3) is 0 Å². The Hall–Kier alpha value is -5.88. The minimum Gasteiger partial charge on any atom is -0.315 e. The lowest BCUT2D eigenvalue weighted by atomic mass is 9.88. The highest BCUT2D eigenvalue weighted by Gasteiger charge is 2.22. The number of pyridine rings is 1. The van der Waals surface area contributed by atoms with E-state index in [-0.39, 0.29) is 22.3 Å². The average molecular weight is 467 g/mol. The standard InChI is InChI=1S/C32H13N5/c33-13-26-23-11-25-30(12-24(23)27(14-34)29(16-36)28(26)15-35)37-17-19-6-2-4-8-21(19)32(37)22-10-9-18-5-1-3-7-20(18)31(22)25/h1-12,17H. The maximum atomic E-state index is 10.1. The van der Waals surface area contributed by atoms with Crippen molar-refractivity contribution in [1.29, 1.82) is 21.0 Å². The molecule has 0 radical (unpaired) electrons. The van der Waals surface area contributed by atoms with Gasteiger partial charge in [0.2, 0.25) is 0 Å². The number of fused-ring (bicyclic) bond motifs is 11. The normalized spacial score (nSPS) is 11.1. The number of nitrogens with zero attached hydrogens (tertiary/aromatic N) is 5. The third-order valence-corrected chi connectivity index (χ3v) is 7.31. The van der Waals surface area contributed by atoms with E-state index in [1.165, 1.54) is 0 Å². The van der Waals surface area contributed by atoms with Gasteiger partial charge in [0.15, 0.2) is 0 Å². The number of hydrogen-bond acceptors (Lipinski definition) is 4. The second kappa shape index (κ2) is 7.31. The fourth-order valence-corrected chi connectivity index (χ4v) is 5.76. The van der Waals surface area contributed by atoms with Crippen molar-refractivity contribution in [3.63, 3.8) is 0 Å². The molecule has 0 aliphatic rings. The molecule has 7 rings (SSSR count). The van der Waals surface area contributed by atoms with Gasteiger partial charge in [-0.25, -0.2) is 0 Å². The first-order valence-electron chi connectivity index (χ1n) is 11.6. The van der Waals surface area contributed by atoms with Crippen LogP contribution in [0.4, 0.5) is 0 Å². The predicted octanol–water partition coefficient (Wildman–Crippen LogP) is 7.19. The van der Waals surface area contributed by atoms with Gasteiger partial charge in [0.1, 0.15) is 24.3 Å². The van der Waals surface area contributed by atoms with Gasteiger partial charge < -0.3 is 4.40 Å². The highest BCUT2D eigenvalue weighted by atomic mass is 14.9. The first-order valence-corrected chi connectivity index (χ1v) is 11.6. The Bertz CT molecular complexity index is 2350. The Balaban J connectivity index is 1.88. The van der Waals surface area contributed by atoms with E-state index in [9.17, 15) is 21.0 Å². The molecule has 0 N–H and O–H groups in total. The molecule has 5 heteroatoms. The Morgan fingerprint density at radius 2 is 1.08 bits per heavy atom. The molecule has 2 aromatic heterocycles. The van der Waals surface area contributed by atoms with Crippen molar-refractivity contribution in [2.24, 2.45) is 0 Å². The molecule has 2 heterocycles. The molecule has 0 saturated carbocycles. The number of rotatable bonds is 0. The van der Waals surface area contributed by atoms with Gasteiger partial charge in [-0.05, 0) is 22.9 Å². The minimum atomic E-state index is -0.0615. The quantitative estimate of drug-likeness (QED) is 0.174. The van der Waals surface area contributed by atoms with Crippen molar-refractivity contribution in [3.8, 4) is 24.3 Å². The maximum Gasteiger partial charge on any atom is 0.102 e. The van der Waals surface area contributed by atoms with Crippen molar-refractivity contribution in [3.05, 3.63) is 101 Å². The number of aromatic nitrogens is 1. The van der Waals surface area contributed by atoms with E-state index in [1.807, 2.05) is 48.5 Å². The molecule has 7 aromatic rings. The molecule has 0 amide bonds. The smallest absolute Gasteiger partial charge is 0.102 e. The van der Waals surface area contributed by atoms with E-state index in [1.54, 1.807) is 0 Å². The van der Waals surface area contributed by atoms with Crippen molar-refractivity contribution < 1.29 is 0 Å². The van der Waals surface area contributed by atoms with Gasteiger partial charge in [0, 0.05) is 43.9 Å². The Kier molecular flexibility index (Phi) is 4.05. The molecule has 0 aliphatic heterocycles. The van der Waals surface area contributed by atoms with Crippen LogP contribution in [0.25, 0.3) is 59.5 Å². The summed E-state index contributed by atoms with van der Waals surface area (Å²) in [6, 6.07) is 32.7. The van der Waals surface area contributed by atoms with Gasteiger partial charge in [-0.2, -0.15) is 21.0 Å². The zero-order valence-corrected chi connectivity index (χ0v) is 19.2. The van der Waals surface area contributed by atoms with E-state index in [2.05, 4.69) is 59.1 Å². The second-order valence-electron chi connectivity index (χ2n) is 9.01. The third kappa shape index (κ3) is 2.53. The van der Waals surface area contributed by atoms with Gasteiger partial charge in [-0.15, -0.1) is 0 Å². The van der Waals surface area contributed by atoms with Crippen LogP contribution < -0.4 is 0 Å². The third-order valence-electron chi connectivity index (χ3n) is 7.31. The van der Waals surface area contributed by atoms with Crippen molar-refractivity contribution >= 4 is 59.5 Å². The fourth-order valence-electron chi connectivity index (χ4n) is 5.76. The van der Waals surface area contributed by atoms with Crippen LogP contribution in [0, 0.1) is 45.3 Å². The molecule has 0 unspecified atom stereocenters. The van der Waals surface area contributed by atoms with Crippen molar-refractivity contribution in [2.45, 2.75) is 0 Å². The van der Waals surface area contributed by atoms with Crippen LogP contribution in [-0.4, -0.2) is 4.40 Å². The first-order chi connectivity index (χ1) is 18.2. The summed E-state index contributed by atoms with van der Waals surface area (Å²) in [6.07, 6.45) is 2.08. The molecule has 0 aliphatic carbocycles. The van der Waals surface area contributed by atoms with Gasteiger partial charge in [-0.1, -0.05) is 60.7 Å². The van der Waals surface area contributed by atoms with Crippen LogP contribution in [0.3, 0.4) is 0 Å². The fraction of sp³-hybridized carbons (Fsp3) is 0. The molecule has 5 aromatic carbocycles. The van der Waals surface area contributed by atoms with E-state index in [4.69, 9.17) is 0 Å². The minimum absolute atomic E-state index is 0.0599. The molecule has 37 heavy (non-hydrogen) atoms. The SMILES string of the molecule is N#Cc1c(C#N)c(C#N)c2cc3c(cc2c1C#N)c1c2ccccc2ccc1c1c2ccccc2cn31. The van der Waals surface area contributed by atoms with E-state index < -0.39 is 0 Å². The summed E-state index contributed by atoms with van der Waals surface area (Å²) in [5, 5.41) is 48.1. The van der Waals surface area contributed by atoms with Gasteiger partial charge >= 0.3 is 0 Å². The summed E-state index contributed by atoms with van der Waals surface area (Å²) >= 11 is 0. The summed E-state index contributed by atoms with van der Waals surface area (Å²) < 4.78 is 2.13. The van der Waals surface area contributed by atoms with E-state index in [0.29, 0.717) is 10.8 Å². The molecular formula is C32H13N5. The highest BCUT2D eigenvalue weighted by molar-refractivity contribution is 6.28. The van der Waals surface area contributed by atoms with Gasteiger partial charge in [0.05, 0.1) is 33.3 Å². The van der Waals surface area contributed by atoms with Crippen LogP contribution in [-0.2, 0) is 0 Å². The Morgan fingerprint density at radius 1 is 0.486 bits per heavy atom. The first kappa shape index (κ1) is 20.5. The summed E-state index contributed by atoms with van der Waals surface area (Å²) in [5.74, 6) is 0. The molecule has 0 bridgehead atoms. The second-order valence-corrected chi connectivity index (χ2v) is 9.01. The van der Waals surface area contributed by atoms with Crippen LogP contribution in [0.2, 0.25) is 0 Å². The van der Waals surface area contributed by atoms with Crippen molar-refractivity contribution in [2.75, 3.05) is 0 Å². The molecule has 0 atom stereocenters. The summed E-state index contributed by atoms with van der Waals surface area (Å²) in [4.78, 5) is 0. The number of hydrogen-bond donors (Lipinski definition) is 0. The lowest BCUT2D eigenvalue weighted by molar-refractivity contribution is 1.30. The molecule has 5 nitrogen and oxygen atoms in total. The highest BCUT2D eigenvalue weighted by Crippen LogP contribution is 2.41. The van der Waals surface area contributed by atoms with Gasteiger partial charge in [-0.3, -0.25) is 0 Å². The van der Waals surface area contributed by atoms with Crippen LogP contribution in [0.1, 0.15) is 22.3 Å². The molecule has 0 saturated heterocycles. The zero-order chi connectivity index (χ0) is 25.3. The predicted molar refractivity (Wildman–Crippen MR) is 144 cm³/mol. The summed E-state index contributed by atoms with van der Waals surface area (Å²) in [5.41, 5.74) is 2.01. The molecule has 166 valence electrons. The maximum absolute atomic E-state index is 10.1. The monoisotopic (exact) mass is 467 g/mol. The van der Waals surface area contributed by atoms with Crippen LogP contribution >= 0.6 is 0 Å². The molecule has 0 spiro atoms.